The molecule has 3 nitrogen and oxygen atoms in total. The molecule has 1 heterocycles. The quantitative estimate of drug-likeness (QED) is 0.911. The van der Waals surface area contributed by atoms with Crippen LogP contribution in [0.5, 0.6) is 5.75 Å². The average Bonchev–Trinajstić information content (AvgIpc) is 2.83. The van der Waals surface area contributed by atoms with Crippen molar-refractivity contribution in [3.05, 3.63) is 46.7 Å². The van der Waals surface area contributed by atoms with E-state index in [1.165, 1.54) is 35.6 Å². The van der Waals surface area contributed by atoms with Gasteiger partial charge in [-0.3, -0.25) is 4.79 Å². The van der Waals surface area contributed by atoms with Gasteiger partial charge in [-0.05, 0) is 35.7 Å². The van der Waals surface area contributed by atoms with Gasteiger partial charge in [0.15, 0.2) is 0 Å². The molecule has 0 unspecified atom stereocenters. The van der Waals surface area contributed by atoms with Crippen molar-refractivity contribution in [1.82, 2.24) is 0 Å². The number of benzene rings is 1. The molecule has 0 radical (unpaired) electrons. The third-order valence-corrected chi connectivity index (χ3v) is 3.15. The second-order valence-corrected chi connectivity index (χ2v) is 4.74. The Morgan fingerprint density at radius 1 is 1.26 bits per heavy atom. The molecule has 100 valence electrons. The van der Waals surface area contributed by atoms with E-state index in [9.17, 15) is 13.6 Å². The summed E-state index contributed by atoms with van der Waals surface area (Å²) in [5.41, 5.74) is 0.545. The highest BCUT2D eigenvalue weighted by Crippen LogP contribution is 2.18. The topological polar surface area (TPSA) is 38.3 Å². The largest absolute Gasteiger partial charge is 0.435 e. The number of carbonyl (C=O) groups is 1. The summed E-state index contributed by atoms with van der Waals surface area (Å²) in [6.07, 6.45) is 0.299. The van der Waals surface area contributed by atoms with Crippen molar-refractivity contribution in [2.24, 2.45) is 0 Å². The van der Waals surface area contributed by atoms with E-state index < -0.39 is 6.61 Å². The fourth-order valence-corrected chi connectivity index (χ4v) is 2.20. The van der Waals surface area contributed by atoms with Crippen LogP contribution in [-0.4, -0.2) is 12.5 Å². The summed E-state index contributed by atoms with van der Waals surface area (Å²) in [5, 5.41) is 4.59. The molecule has 0 atom stereocenters. The number of anilines is 1. The molecule has 0 aliphatic carbocycles. The van der Waals surface area contributed by atoms with Crippen LogP contribution in [-0.2, 0) is 11.2 Å². The average molecular weight is 283 g/mol. The number of rotatable bonds is 5. The normalized spacial score (nSPS) is 10.5. The molecule has 0 spiro atoms. The van der Waals surface area contributed by atoms with E-state index in [-0.39, 0.29) is 11.7 Å². The molecular formula is C13H11F2NO2S. The molecule has 0 bridgehead atoms. The van der Waals surface area contributed by atoms with E-state index in [2.05, 4.69) is 10.1 Å². The van der Waals surface area contributed by atoms with Crippen LogP contribution in [0.25, 0.3) is 0 Å². The molecule has 2 rings (SSSR count). The Morgan fingerprint density at radius 3 is 2.58 bits per heavy atom. The highest BCUT2D eigenvalue weighted by atomic mass is 32.1. The minimum Gasteiger partial charge on any atom is -0.435 e. The number of amides is 1. The molecule has 2 aromatic rings. The molecule has 0 fully saturated rings. The zero-order valence-corrected chi connectivity index (χ0v) is 10.6. The first kappa shape index (κ1) is 13.5. The highest BCUT2D eigenvalue weighted by molar-refractivity contribution is 7.10. The van der Waals surface area contributed by atoms with Crippen LogP contribution >= 0.6 is 11.3 Å². The maximum Gasteiger partial charge on any atom is 0.387 e. The van der Waals surface area contributed by atoms with Gasteiger partial charge in [0.2, 0.25) is 5.91 Å². The molecule has 1 aromatic heterocycles. The zero-order valence-electron chi connectivity index (χ0n) is 9.81. The van der Waals surface area contributed by atoms with Gasteiger partial charge in [0.1, 0.15) is 5.75 Å². The van der Waals surface area contributed by atoms with Crippen molar-refractivity contribution in [3.63, 3.8) is 0 Å². The predicted octanol–water partition coefficient (Wildman–Crippen LogP) is 3.53. The molecule has 1 aromatic carbocycles. The Labute approximate surface area is 112 Å². The lowest BCUT2D eigenvalue weighted by molar-refractivity contribution is -0.115. The monoisotopic (exact) mass is 283 g/mol. The van der Waals surface area contributed by atoms with Crippen LogP contribution in [0.4, 0.5) is 14.5 Å². The van der Waals surface area contributed by atoms with Gasteiger partial charge in [0.25, 0.3) is 0 Å². The maximum absolute atomic E-state index is 12.0. The van der Waals surface area contributed by atoms with E-state index in [0.29, 0.717) is 12.1 Å². The Morgan fingerprint density at radius 2 is 2.00 bits per heavy atom. The number of ether oxygens (including phenoxy) is 1. The summed E-state index contributed by atoms with van der Waals surface area (Å²) in [6.45, 7) is -2.85. The van der Waals surface area contributed by atoms with Crippen LogP contribution < -0.4 is 10.1 Å². The summed E-state index contributed by atoms with van der Waals surface area (Å²) in [4.78, 5) is 12.7. The Hall–Kier alpha value is -1.95. The summed E-state index contributed by atoms with van der Waals surface area (Å²) in [7, 11) is 0. The lowest BCUT2D eigenvalue weighted by Crippen LogP contribution is -2.13. The third kappa shape index (κ3) is 4.33. The minimum atomic E-state index is -2.85. The summed E-state index contributed by atoms with van der Waals surface area (Å²) >= 11 is 1.51. The van der Waals surface area contributed by atoms with E-state index in [1.54, 1.807) is 0 Å². The number of hydrogen-bond acceptors (Lipinski definition) is 3. The third-order valence-electron chi connectivity index (χ3n) is 2.28. The van der Waals surface area contributed by atoms with Crippen LogP contribution in [0.15, 0.2) is 41.8 Å². The molecule has 0 saturated carbocycles. The van der Waals surface area contributed by atoms with Crippen molar-refractivity contribution in [2.75, 3.05) is 5.32 Å². The van der Waals surface area contributed by atoms with Gasteiger partial charge in [-0.25, -0.2) is 0 Å². The molecule has 1 N–H and O–H groups in total. The standard InChI is InChI=1S/C13H11F2NO2S/c14-13(15)18-10-5-3-9(4-6-10)16-12(17)8-11-2-1-7-19-11/h1-7,13H,8H2,(H,16,17). The second-order valence-electron chi connectivity index (χ2n) is 3.71. The Balaban J connectivity index is 1.90. The van der Waals surface area contributed by atoms with E-state index >= 15 is 0 Å². The van der Waals surface area contributed by atoms with E-state index in [1.807, 2.05) is 17.5 Å². The number of nitrogens with one attached hydrogen (secondary N) is 1. The van der Waals surface area contributed by atoms with Gasteiger partial charge in [-0.2, -0.15) is 8.78 Å². The second kappa shape index (κ2) is 6.29. The SMILES string of the molecule is O=C(Cc1cccs1)Nc1ccc(OC(F)F)cc1. The number of carbonyl (C=O) groups excluding carboxylic acids is 1. The molecule has 0 saturated heterocycles. The van der Waals surface area contributed by atoms with Gasteiger partial charge < -0.3 is 10.1 Å². The zero-order chi connectivity index (χ0) is 13.7. The van der Waals surface area contributed by atoms with Gasteiger partial charge >= 0.3 is 6.61 Å². The first-order valence-corrected chi connectivity index (χ1v) is 6.38. The fourth-order valence-electron chi connectivity index (χ4n) is 1.50. The lowest BCUT2D eigenvalue weighted by atomic mass is 10.2. The van der Waals surface area contributed by atoms with Crippen LogP contribution in [0.1, 0.15) is 4.88 Å². The number of halogens is 2. The van der Waals surface area contributed by atoms with Gasteiger partial charge in [0.05, 0.1) is 6.42 Å². The summed E-state index contributed by atoms with van der Waals surface area (Å²) < 4.78 is 28.1. The molecule has 0 aliphatic rings. The number of alkyl halides is 2. The molecule has 1 amide bonds. The maximum atomic E-state index is 12.0. The first-order chi connectivity index (χ1) is 9.13. The van der Waals surface area contributed by atoms with Crippen molar-refractivity contribution in [3.8, 4) is 5.75 Å². The van der Waals surface area contributed by atoms with E-state index in [0.717, 1.165) is 4.88 Å². The van der Waals surface area contributed by atoms with Gasteiger partial charge in [0, 0.05) is 10.6 Å². The fraction of sp³-hybridized carbons (Fsp3) is 0.154. The van der Waals surface area contributed by atoms with Crippen LogP contribution in [0.3, 0.4) is 0 Å². The first-order valence-electron chi connectivity index (χ1n) is 5.50. The van der Waals surface area contributed by atoms with Gasteiger partial charge in [-0.15, -0.1) is 11.3 Å². The molecular weight excluding hydrogens is 272 g/mol. The number of hydrogen-bond donors (Lipinski definition) is 1. The summed E-state index contributed by atoms with van der Waals surface area (Å²) in [5.74, 6) is -0.0868. The lowest BCUT2D eigenvalue weighted by Gasteiger charge is -2.07. The van der Waals surface area contributed by atoms with Crippen LogP contribution in [0.2, 0.25) is 0 Å². The highest BCUT2D eigenvalue weighted by Gasteiger charge is 2.06. The van der Waals surface area contributed by atoms with Crippen molar-refractivity contribution in [1.29, 1.82) is 0 Å². The van der Waals surface area contributed by atoms with Crippen LogP contribution in [0, 0.1) is 0 Å². The molecule has 0 aliphatic heterocycles. The molecule has 19 heavy (non-hydrogen) atoms. The summed E-state index contributed by atoms with van der Waals surface area (Å²) in [6, 6.07) is 9.56. The van der Waals surface area contributed by atoms with Crippen molar-refractivity contribution >= 4 is 22.9 Å². The Kier molecular flexibility index (Phi) is 4.46. The smallest absolute Gasteiger partial charge is 0.387 e. The predicted molar refractivity (Wildman–Crippen MR) is 69.7 cm³/mol. The molecule has 6 heteroatoms. The van der Waals surface area contributed by atoms with Gasteiger partial charge in [-0.1, -0.05) is 6.07 Å². The number of thiophene rings is 1. The van der Waals surface area contributed by atoms with Crippen molar-refractivity contribution < 1.29 is 18.3 Å². The Bertz CT molecular complexity index is 526. The van der Waals surface area contributed by atoms with E-state index in [4.69, 9.17) is 0 Å². The minimum absolute atomic E-state index is 0.0613. The van der Waals surface area contributed by atoms with Crippen molar-refractivity contribution in [2.45, 2.75) is 13.0 Å².